The predicted molar refractivity (Wildman–Crippen MR) is 77.0 cm³/mol. The molecule has 0 heterocycles. The van der Waals surface area contributed by atoms with E-state index >= 15 is 0 Å². The third kappa shape index (κ3) is 3.59. The zero-order chi connectivity index (χ0) is 14.5. The summed E-state index contributed by atoms with van der Waals surface area (Å²) in [5.74, 6) is -0.594. The molecule has 0 aliphatic heterocycles. The van der Waals surface area contributed by atoms with E-state index in [1.54, 1.807) is 18.2 Å². The Morgan fingerprint density at radius 2 is 1.95 bits per heavy atom. The number of carbonyl (C=O) groups is 1. The van der Waals surface area contributed by atoms with Crippen molar-refractivity contribution in [2.75, 3.05) is 0 Å². The van der Waals surface area contributed by atoms with Gasteiger partial charge in [0.25, 0.3) is 0 Å². The quantitative estimate of drug-likeness (QED) is 0.872. The first-order valence-electron chi connectivity index (χ1n) is 7.58. The summed E-state index contributed by atoms with van der Waals surface area (Å²) in [6.07, 6.45) is 5.64. The standard InChI is InChI=1S/C17H23FO2/c1-2-12-7-9-13(10-8-12)15(17(19)20)11-14-5-3-4-6-16(14)18/h3-6,12-13,15H,2,7-11H2,1H3,(H,19,20). The van der Waals surface area contributed by atoms with Crippen molar-refractivity contribution in [3.8, 4) is 0 Å². The Hall–Kier alpha value is -1.38. The van der Waals surface area contributed by atoms with Gasteiger partial charge in [-0.15, -0.1) is 0 Å². The van der Waals surface area contributed by atoms with Crippen molar-refractivity contribution in [2.45, 2.75) is 45.4 Å². The number of halogens is 1. The predicted octanol–water partition coefficient (Wildman–Crippen LogP) is 4.29. The van der Waals surface area contributed by atoms with Gasteiger partial charge in [-0.3, -0.25) is 4.79 Å². The van der Waals surface area contributed by atoms with Crippen molar-refractivity contribution < 1.29 is 14.3 Å². The normalized spacial score (nSPS) is 24.3. The topological polar surface area (TPSA) is 37.3 Å². The van der Waals surface area contributed by atoms with Crippen LogP contribution >= 0.6 is 0 Å². The molecule has 0 radical (unpaired) electrons. The molecule has 1 aliphatic carbocycles. The molecule has 1 N–H and O–H groups in total. The lowest BCUT2D eigenvalue weighted by atomic mass is 9.73. The molecule has 1 fully saturated rings. The van der Waals surface area contributed by atoms with Crippen molar-refractivity contribution in [1.82, 2.24) is 0 Å². The van der Waals surface area contributed by atoms with E-state index in [2.05, 4.69) is 6.92 Å². The van der Waals surface area contributed by atoms with Crippen LogP contribution in [0.1, 0.15) is 44.6 Å². The summed E-state index contributed by atoms with van der Waals surface area (Å²) < 4.78 is 13.7. The molecule has 0 spiro atoms. The van der Waals surface area contributed by atoms with Gasteiger partial charge in [-0.2, -0.15) is 0 Å². The summed E-state index contributed by atoms with van der Waals surface area (Å²) >= 11 is 0. The number of rotatable bonds is 5. The molecule has 0 bridgehead atoms. The summed E-state index contributed by atoms with van der Waals surface area (Å²) in [5.41, 5.74) is 0.525. The van der Waals surface area contributed by atoms with Crippen LogP contribution in [0.5, 0.6) is 0 Å². The van der Waals surface area contributed by atoms with Crippen LogP contribution in [0, 0.1) is 23.6 Å². The summed E-state index contributed by atoms with van der Waals surface area (Å²) in [4.78, 5) is 11.5. The summed E-state index contributed by atoms with van der Waals surface area (Å²) in [6.45, 7) is 2.19. The van der Waals surface area contributed by atoms with Gasteiger partial charge in [0.2, 0.25) is 0 Å². The van der Waals surface area contributed by atoms with E-state index < -0.39 is 11.9 Å². The molecule has 2 nitrogen and oxygen atoms in total. The lowest BCUT2D eigenvalue weighted by molar-refractivity contribution is -0.144. The van der Waals surface area contributed by atoms with E-state index in [1.165, 1.54) is 12.5 Å². The maximum absolute atomic E-state index is 13.7. The Morgan fingerprint density at radius 1 is 1.30 bits per heavy atom. The van der Waals surface area contributed by atoms with Crippen molar-refractivity contribution in [2.24, 2.45) is 17.8 Å². The third-order valence-corrected chi connectivity index (χ3v) is 4.75. The highest BCUT2D eigenvalue weighted by molar-refractivity contribution is 5.70. The molecule has 0 saturated heterocycles. The minimum Gasteiger partial charge on any atom is -0.481 e. The van der Waals surface area contributed by atoms with Crippen LogP contribution in [-0.4, -0.2) is 11.1 Å². The fourth-order valence-corrected chi connectivity index (χ4v) is 3.36. The average molecular weight is 278 g/mol. The third-order valence-electron chi connectivity index (χ3n) is 4.75. The highest BCUT2D eigenvalue weighted by Gasteiger charge is 2.32. The first kappa shape index (κ1) is 15.0. The monoisotopic (exact) mass is 278 g/mol. The molecule has 20 heavy (non-hydrogen) atoms. The van der Waals surface area contributed by atoms with E-state index in [0.717, 1.165) is 31.6 Å². The fraction of sp³-hybridized carbons (Fsp3) is 0.588. The van der Waals surface area contributed by atoms with Crippen molar-refractivity contribution in [1.29, 1.82) is 0 Å². The van der Waals surface area contributed by atoms with Crippen molar-refractivity contribution in [3.63, 3.8) is 0 Å². The lowest BCUT2D eigenvalue weighted by Crippen LogP contribution is -2.29. The summed E-state index contributed by atoms with van der Waals surface area (Å²) in [5, 5.41) is 9.48. The molecule has 1 atom stereocenters. The lowest BCUT2D eigenvalue weighted by Gasteiger charge is -2.31. The zero-order valence-electron chi connectivity index (χ0n) is 12.0. The second-order valence-electron chi connectivity index (χ2n) is 5.93. The Balaban J connectivity index is 2.05. The number of hydrogen-bond acceptors (Lipinski definition) is 1. The van der Waals surface area contributed by atoms with Gasteiger partial charge in [0.1, 0.15) is 5.82 Å². The molecule has 0 amide bonds. The highest BCUT2D eigenvalue weighted by atomic mass is 19.1. The summed E-state index contributed by atoms with van der Waals surface area (Å²) in [6, 6.07) is 6.51. The Bertz CT molecular complexity index is 450. The van der Waals surface area contributed by atoms with Gasteiger partial charge >= 0.3 is 5.97 Å². The van der Waals surface area contributed by atoms with Crippen molar-refractivity contribution >= 4 is 5.97 Å². The molecule has 1 saturated carbocycles. The minimum atomic E-state index is -0.784. The average Bonchev–Trinajstić information content (AvgIpc) is 2.46. The van der Waals surface area contributed by atoms with Crippen molar-refractivity contribution in [3.05, 3.63) is 35.6 Å². The molecule has 3 heteroatoms. The molecule has 1 aliphatic rings. The Labute approximate surface area is 120 Å². The summed E-state index contributed by atoms with van der Waals surface area (Å²) in [7, 11) is 0. The largest absolute Gasteiger partial charge is 0.481 e. The second kappa shape index (κ2) is 6.87. The molecular weight excluding hydrogens is 255 g/mol. The van der Waals surface area contributed by atoms with Crippen LogP contribution in [0.4, 0.5) is 4.39 Å². The van der Waals surface area contributed by atoms with Gasteiger partial charge in [-0.1, -0.05) is 44.4 Å². The number of hydrogen-bond donors (Lipinski definition) is 1. The van der Waals surface area contributed by atoms with Crippen LogP contribution in [0.25, 0.3) is 0 Å². The smallest absolute Gasteiger partial charge is 0.307 e. The highest BCUT2D eigenvalue weighted by Crippen LogP contribution is 2.36. The molecule has 0 aromatic heterocycles. The second-order valence-corrected chi connectivity index (χ2v) is 5.93. The van der Waals surface area contributed by atoms with Gasteiger partial charge in [-0.25, -0.2) is 4.39 Å². The van der Waals surface area contributed by atoms with Crippen LogP contribution in [-0.2, 0) is 11.2 Å². The molecule has 2 rings (SSSR count). The van der Waals surface area contributed by atoms with Gasteiger partial charge in [-0.05, 0) is 42.7 Å². The van der Waals surface area contributed by atoms with Crippen LogP contribution in [0.3, 0.4) is 0 Å². The maximum Gasteiger partial charge on any atom is 0.307 e. The van der Waals surface area contributed by atoms with E-state index in [0.29, 0.717) is 12.0 Å². The molecule has 1 aromatic rings. The zero-order valence-corrected chi connectivity index (χ0v) is 12.0. The number of carboxylic acid groups (broad SMARTS) is 1. The maximum atomic E-state index is 13.7. The van der Waals surface area contributed by atoms with Gasteiger partial charge in [0, 0.05) is 0 Å². The number of benzene rings is 1. The first-order valence-corrected chi connectivity index (χ1v) is 7.58. The van der Waals surface area contributed by atoms with Gasteiger partial charge < -0.3 is 5.11 Å². The first-order chi connectivity index (χ1) is 9.61. The van der Waals surface area contributed by atoms with E-state index in [4.69, 9.17) is 0 Å². The fourth-order valence-electron chi connectivity index (χ4n) is 3.36. The Morgan fingerprint density at radius 3 is 2.50 bits per heavy atom. The number of carboxylic acids is 1. The SMILES string of the molecule is CCC1CCC(C(Cc2ccccc2F)C(=O)O)CC1. The minimum absolute atomic E-state index is 0.190. The van der Waals surface area contributed by atoms with Crippen LogP contribution < -0.4 is 0 Å². The van der Waals surface area contributed by atoms with E-state index in [1.807, 2.05) is 0 Å². The van der Waals surface area contributed by atoms with Crippen LogP contribution in [0.2, 0.25) is 0 Å². The van der Waals surface area contributed by atoms with Gasteiger partial charge in [0.15, 0.2) is 0 Å². The van der Waals surface area contributed by atoms with E-state index in [9.17, 15) is 14.3 Å². The van der Waals surface area contributed by atoms with E-state index in [-0.39, 0.29) is 11.7 Å². The molecular formula is C17H23FO2. The molecule has 110 valence electrons. The number of aliphatic carboxylic acids is 1. The van der Waals surface area contributed by atoms with Crippen LogP contribution in [0.15, 0.2) is 24.3 Å². The Kier molecular flexibility index (Phi) is 5.16. The molecule has 1 aromatic carbocycles. The molecule has 1 unspecified atom stereocenters. The van der Waals surface area contributed by atoms with Gasteiger partial charge in [0.05, 0.1) is 5.92 Å².